The Balaban J connectivity index is 1.75. The highest BCUT2D eigenvalue weighted by Crippen LogP contribution is 2.25. The van der Waals surface area contributed by atoms with Crippen molar-refractivity contribution in [2.75, 3.05) is 13.1 Å². The molecular weight excluding hydrogens is 295 g/mol. The summed E-state index contributed by atoms with van der Waals surface area (Å²) in [5.74, 6) is 0.354. The van der Waals surface area contributed by atoms with Gasteiger partial charge in [0, 0.05) is 12.4 Å². The summed E-state index contributed by atoms with van der Waals surface area (Å²) in [4.78, 5) is 22.0. The monoisotopic (exact) mass is 316 g/mol. The second-order valence-electron chi connectivity index (χ2n) is 5.80. The second-order valence-corrected chi connectivity index (χ2v) is 5.80. The second kappa shape index (κ2) is 7.37. The molecule has 1 aromatic heterocycles. The number of amides is 1. The van der Waals surface area contributed by atoms with Crippen LogP contribution >= 0.6 is 0 Å². The molecule has 0 saturated carbocycles. The van der Waals surface area contributed by atoms with Crippen LogP contribution in [-0.4, -0.2) is 33.9 Å². The lowest BCUT2D eigenvalue weighted by Crippen LogP contribution is -2.42. The van der Waals surface area contributed by atoms with Crippen LogP contribution in [0.3, 0.4) is 0 Å². The van der Waals surface area contributed by atoms with Crippen LogP contribution in [0.15, 0.2) is 36.7 Å². The van der Waals surface area contributed by atoms with E-state index in [4.69, 9.17) is 0 Å². The number of halogens is 1. The highest BCUT2D eigenvalue weighted by molar-refractivity contribution is 5.83. The van der Waals surface area contributed by atoms with Crippen molar-refractivity contribution in [3.63, 3.8) is 0 Å². The Labute approximate surface area is 134 Å². The molecule has 5 nitrogen and oxygen atoms in total. The number of likely N-dealkylation sites (tertiary alicyclic amines) is 1. The van der Waals surface area contributed by atoms with E-state index in [0.717, 1.165) is 37.3 Å². The lowest BCUT2D eigenvalue weighted by molar-refractivity contribution is -0.127. The molecule has 1 amide bonds. The van der Waals surface area contributed by atoms with Gasteiger partial charge in [0.2, 0.25) is 5.91 Å². The minimum atomic E-state index is -0.383. The SMILES string of the molecule is O=C(NCc1ncc[nH]1)[C@@H](c1ccc(F)cc1)N1CCCCC1. The Morgan fingerprint density at radius 1 is 1.26 bits per heavy atom. The number of H-pyrrole nitrogens is 1. The predicted octanol–water partition coefficient (Wildman–Crippen LogP) is 2.39. The molecule has 3 rings (SSSR count). The van der Waals surface area contributed by atoms with E-state index in [1.165, 1.54) is 18.6 Å². The van der Waals surface area contributed by atoms with Gasteiger partial charge in [-0.25, -0.2) is 9.37 Å². The topological polar surface area (TPSA) is 61.0 Å². The molecule has 2 heterocycles. The van der Waals surface area contributed by atoms with Crippen molar-refractivity contribution in [2.24, 2.45) is 0 Å². The van der Waals surface area contributed by atoms with Gasteiger partial charge in [0.15, 0.2) is 0 Å². The first-order valence-corrected chi connectivity index (χ1v) is 7.99. The van der Waals surface area contributed by atoms with E-state index in [-0.39, 0.29) is 17.8 Å². The summed E-state index contributed by atoms with van der Waals surface area (Å²) < 4.78 is 13.2. The molecule has 0 radical (unpaired) electrons. The largest absolute Gasteiger partial charge is 0.347 e. The summed E-state index contributed by atoms with van der Waals surface area (Å²) in [6.45, 7) is 2.13. The standard InChI is InChI=1S/C17H21FN4O/c18-14-6-4-13(5-7-14)16(22-10-2-1-3-11-22)17(23)21-12-15-19-8-9-20-15/h4-9,16H,1-3,10-12H2,(H,19,20)(H,21,23)/t16-/m1/s1. The van der Waals surface area contributed by atoms with Crippen molar-refractivity contribution in [3.05, 3.63) is 53.9 Å². The zero-order valence-electron chi connectivity index (χ0n) is 13.0. The molecule has 1 aliphatic rings. The number of benzene rings is 1. The molecule has 0 aliphatic carbocycles. The van der Waals surface area contributed by atoms with Crippen molar-refractivity contribution < 1.29 is 9.18 Å². The third-order valence-electron chi connectivity index (χ3n) is 4.17. The first kappa shape index (κ1) is 15.7. The molecule has 0 unspecified atom stereocenters. The van der Waals surface area contributed by atoms with Crippen LogP contribution in [0, 0.1) is 5.82 Å². The number of carbonyl (C=O) groups excluding carboxylic acids is 1. The molecule has 1 fully saturated rings. The molecular formula is C17H21FN4O. The minimum Gasteiger partial charge on any atom is -0.347 e. The van der Waals surface area contributed by atoms with Gasteiger partial charge in [-0.1, -0.05) is 18.6 Å². The van der Waals surface area contributed by atoms with Crippen molar-refractivity contribution in [1.29, 1.82) is 0 Å². The number of imidazole rings is 1. The van der Waals surface area contributed by atoms with Crippen molar-refractivity contribution in [1.82, 2.24) is 20.2 Å². The molecule has 1 atom stereocenters. The number of hydrogen-bond donors (Lipinski definition) is 2. The molecule has 0 spiro atoms. The Morgan fingerprint density at radius 3 is 2.65 bits per heavy atom. The summed E-state index contributed by atoms with van der Waals surface area (Å²) >= 11 is 0. The maximum atomic E-state index is 13.2. The summed E-state index contributed by atoms with van der Waals surface area (Å²) in [5.41, 5.74) is 0.824. The first-order chi connectivity index (χ1) is 11.2. The van der Waals surface area contributed by atoms with E-state index < -0.39 is 0 Å². The summed E-state index contributed by atoms with van der Waals surface area (Å²) in [7, 11) is 0. The minimum absolute atomic E-state index is 0.0742. The van der Waals surface area contributed by atoms with Gasteiger partial charge in [-0.3, -0.25) is 9.69 Å². The maximum Gasteiger partial charge on any atom is 0.242 e. The fourth-order valence-electron chi connectivity index (χ4n) is 3.01. The molecule has 2 N–H and O–H groups in total. The van der Waals surface area contributed by atoms with E-state index >= 15 is 0 Å². The highest BCUT2D eigenvalue weighted by Gasteiger charge is 2.28. The van der Waals surface area contributed by atoms with Gasteiger partial charge in [-0.15, -0.1) is 0 Å². The van der Waals surface area contributed by atoms with E-state index in [1.54, 1.807) is 24.5 Å². The normalized spacial score (nSPS) is 16.9. The predicted molar refractivity (Wildman–Crippen MR) is 85.0 cm³/mol. The number of aromatic amines is 1. The van der Waals surface area contributed by atoms with Crippen LogP contribution in [0.1, 0.15) is 36.7 Å². The first-order valence-electron chi connectivity index (χ1n) is 7.99. The zero-order valence-corrected chi connectivity index (χ0v) is 13.0. The molecule has 1 aliphatic heterocycles. The smallest absolute Gasteiger partial charge is 0.242 e. The van der Waals surface area contributed by atoms with Gasteiger partial charge in [0.25, 0.3) is 0 Å². The van der Waals surface area contributed by atoms with Crippen LogP contribution in [0.25, 0.3) is 0 Å². The number of carbonyl (C=O) groups is 1. The summed E-state index contributed by atoms with van der Waals surface area (Å²) in [5, 5.41) is 2.93. The van der Waals surface area contributed by atoms with Crippen LogP contribution < -0.4 is 5.32 Å². The van der Waals surface area contributed by atoms with Gasteiger partial charge in [0.1, 0.15) is 17.7 Å². The van der Waals surface area contributed by atoms with E-state index in [1.807, 2.05) is 0 Å². The molecule has 0 bridgehead atoms. The number of nitrogens with one attached hydrogen (secondary N) is 2. The number of piperidine rings is 1. The molecule has 23 heavy (non-hydrogen) atoms. The number of rotatable bonds is 5. The number of nitrogens with zero attached hydrogens (tertiary/aromatic N) is 2. The highest BCUT2D eigenvalue weighted by atomic mass is 19.1. The molecule has 1 aromatic carbocycles. The third kappa shape index (κ3) is 3.96. The van der Waals surface area contributed by atoms with Gasteiger partial charge in [-0.05, 0) is 43.6 Å². The Hall–Kier alpha value is -2.21. The van der Waals surface area contributed by atoms with Gasteiger partial charge >= 0.3 is 0 Å². The number of aromatic nitrogens is 2. The molecule has 1 saturated heterocycles. The van der Waals surface area contributed by atoms with Crippen LogP contribution in [0.4, 0.5) is 4.39 Å². The van der Waals surface area contributed by atoms with Crippen LogP contribution in [0.2, 0.25) is 0 Å². The van der Waals surface area contributed by atoms with E-state index in [0.29, 0.717) is 6.54 Å². The Kier molecular flexibility index (Phi) is 5.02. The lowest BCUT2D eigenvalue weighted by Gasteiger charge is -2.33. The summed E-state index contributed by atoms with van der Waals surface area (Å²) in [6.07, 6.45) is 6.75. The number of hydrogen-bond acceptors (Lipinski definition) is 3. The van der Waals surface area contributed by atoms with Gasteiger partial charge in [-0.2, -0.15) is 0 Å². The molecule has 122 valence electrons. The van der Waals surface area contributed by atoms with Gasteiger partial charge in [0.05, 0.1) is 6.54 Å². The average Bonchev–Trinajstić information content (AvgIpc) is 3.09. The van der Waals surface area contributed by atoms with Crippen molar-refractivity contribution in [2.45, 2.75) is 31.8 Å². The zero-order chi connectivity index (χ0) is 16.1. The van der Waals surface area contributed by atoms with Crippen molar-refractivity contribution in [3.8, 4) is 0 Å². The molecule has 2 aromatic rings. The fourth-order valence-corrected chi connectivity index (χ4v) is 3.01. The van der Waals surface area contributed by atoms with E-state index in [9.17, 15) is 9.18 Å². The Bertz CT molecular complexity index is 621. The quantitative estimate of drug-likeness (QED) is 0.890. The fraction of sp³-hybridized carbons (Fsp3) is 0.412. The molecule has 6 heteroatoms. The average molecular weight is 316 g/mol. The third-order valence-corrected chi connectivity index (χ3v) is 4.17. The van der Waals surface area contributed by atoms with Crippen molar-refractivity contribution >= 4 is 5.91 Å². The maximum absolute atomic E-state index is 13.2. The Morgan fingerprint density at radius 2 is 2.00 bits per heavy atom. The van der Waals surface area contributed by atoms with Crippen LogP contribution in [0.5, 0.6) is 0 Å². The van der Waals surface area contributed by atoms with Gasteiger partial charge < -0.3 is 10.3 Å². The summed E-state index contributed by atoms with van der Waals surface area (Å²) in [6, 6.07) is 5.83. The lowest BCUT2D eigenvalue weighted by atomic mass is 10.0. The van der Waals surface area contributed by atoms with Crippen LogP contribution in [-0.2, 0) is 11.3 Å². The van der Waals surface area contributed by atoms with E-state index in [2.05, 4.69) is 20.2 Å².